The molecule has 5 heteroatoms. The summed E-state index contributed by atoms with van der Waals surface area (Å²) < 4.78 is 10.6. The standard InChI is InChI=1S/C20H21NO4/c1-10-5-12(6-11(2)18(10)22)7-14-8-13-9-15(24-3)20(25-4)17(21)16(13)19(14)23/h5-7,9,22H,8,21H2,1-4H3/b14-7-. The van der Waals surface area contributed by atoms with Gasteiger partial charge in [-0.2, -0.15) is 0 Å². The average molecular weight is 339 g/mol. The minimum atomic E-state index is -0.100. The maximum absolute atomic E-state index is 12.8. The van der Waals surface area contributed by atoms with Crippen LogP contribution in [0.15, 0.2) is 23.8 Å². The number of phenolic OH excluding ortho intramolecular Hbond substituents is 1. The largest absolute Gasteiger partial charge is 0.507 e. The number of aryl methyl sites for hydroxylation is 2. The zero-order chi connectivity index (χ0) is 18.3. The van der Waals surface area contributed by atoms with Crippen LogP contribution in [0.3, 0.4) is 0 Å². The van der Waals surface area contributed by atoms with Crippen LogP contribution in [0.5, 0.6) is 17.2 Å². The number of hydrogen-bond donors (Lipinski definition) is 2. The first kappa shape index (κ1) is 16.9. The summed E-state index contributed by atoms with van der Waals surface area (Å²) in [4.78, 5) is 12.8. The lowest BCUT2D eigenvalue weighted by molar-refractivity contribution is 0.104. The third-order valence-electron chi connectivity index (χ3n) is 4.54. The van der Waals surface area contributed by atoms with Crippen LogP contribution in [0.2, 0.25) is 0 Å². The maximum atomic E-state index is 12.8. The first-order valence-electron chi connectivity index (χ1n) is 7.96. The van der Waals surface area contributed by atoms with E-state index < -0.39 is 0 Å². The molecule has 0 bridgehead atoms. The highest BCUT2D eigenvalue weighted by Crippen LogP contribution is 2.43. The molecule has 2 aromatic rings. The van der Waals surface area contributed by atoms with Crippen molar-refractivity contribution < 1.29 is 19.4 Å². The molecule has 5 nitrogen and oxygen atoms in total. The van der Waals surface area contributed by atoms with Crippen LogP contribution in [-0.2, 0) is 6.42 Å². The lowest BCUT2D eigenvalue weighted by Gasteiger charge is -2.13. The quantitative estimate of drug-likeness (QED) is 0.661. The lowest BCUT2D eigenvalue weighted by Crippen LogP contribution is -2.04. The van der Waals surface area contributed by atoms with Gasteiger partial charge in [-0.25, -0.2) is 0 Å². The van der Waals surface area contributed by atoms with E-state index in [0.29, 0.717) is 34.7 Å². The van der Waals surface area contributed by atoms with Crippen LogP contribution in [0, 0.1) is 13.8 Å². The molecule has 0 aliphatic heterocycles. The molecule has 3 N–H and O–H groups in total. The Kier molecular flexibility index (Phi) is 4.17. The number of nitrogen functional groups attached to an aromatic ring is 1. The first-order chi connectivity index (χ1) is 11.9. The minimum absolute atomic E-state index is 0.100. The Morgan fingerprint density at radius 2 is 1.76 bits per heavy atom. The number of allylic oxidation sites excluding steroid dienone is 1. The summed E-state index contributed by atoms with van der Waals surface area (Å²) >= 11 is 0. The zero-order valence-corrected chi connectivity index (χ0v) is 14.8. The summed E-state index contributed by atoms with van der Waals surface area (Å²) in [5, 5.41) is 9.91. The highest BCUT2D eigenvalue weighted by atomic mass is 16.5. The SMILES string of the molecule is COc1cc2c(c(N)c1OC)C(=O)/C(=C\c1cc(C)c(O)c(C)c1)C2. The van der Waals surface area contributed by atoms with Gasteiger partial charge in [0.1, 0.15) is 5.75 Å². The van der Waals surface area contributed by atoms with Crippen molar-refractivity contribution in [1.82, 2.24) is 0 Å². The monoisotopic (exact) mass is 339 g/mol. The van der Waals surface area contributed by atoms with Crippen molar-refractivity contribution in [3.8, 4) is 17.2 Å². The number of phenols is 1. The highest BCUT2D eigenvalue weighted by molar-refractivity contribution is 6.19. The Bertz CT molecular complexity index is 889. The maximum Gasteiger partial charge on any atom is 0.191 e. The van der Waals surface area contributed by atoms with E-state index in [1.54, 1.807) is 13.2 Å². The van der Waals surface area contributed by atoms with E-state index in [2.05, 4.69) is 0 Å². The molecular weight excluding hydrogens is 318 g/mol. The van der Waals surface area contributed by atoms with Crippen LogP contribution < -0.4 is 15.2 Å². The summed E-state index contributed by atoms with van der Waals surface area (Å²) in [6, 6.07) is 5.52. The second-order valence-corrected chi connectivity index (χ2v) is 6.24. The number of methoxy groups -OCH3 is 2. The predicted octanol–water partition coefficient (Wildman–Crippen LogP) is 3.43. The minimum Gasteiger partial charge on any atom is -0.507 e. The number of carbonyl (C=O) groups is 1. The second kappa shape index (κ2) is 6.16. The smallest absolute Gasteiger partial charge is 0.191 e. The van der Waals surface area contributed by atoms with E-state index in [1.165, 1.54) is 7.11 Å². The molecular formula is C20H21NO4. The molecule has 0 fully saturated rings. The fourth-order valence-corrected chi connectivity index (χ4v) is 3.32. The van der Waals surface area contributed by atoms with Crippen molar-refractivity contribution in [3.05, 3.63) is 51.6 Å². The van der Waals surface area contributed by atoms with Crippen LogP contribution >= 0.6 is 0 Å². The van der Waals surface area contributed by atoms with Gasteiger partial charge < -0.3 is 20.3 Å². The second-order valence-electron chi connectivity index (χ2n) is 6.24. The third-order valence-corrected chi connectivity index (χ3v) is 4.54. The number of fused-ring (bicyclic) bond motifs is 1. The number of rotatable bonds is 3. The fourth-order valence-electron chi connectivity index (χ4n) is 3.32. The van der Waals surface area contributed by atoms with Crippen molar-refractivity contribution >= 4 is 17.5 Å². The normalized spacial score (nSPS) is 14.7. The van der Waals surface area contributed by atoms with E-state index in [4.69, 9.17) is 15.2 Å². The molecule has 0 heterocycles. The predicted molar refractivity (Wildman–Crippen MR) is 97.6 cm³/mol. The number of carbonyl (C=O) groups excluding carboxylic acids is 1. The number of Topliss-reactive ketones (excluding diaryl/α,β-unsaturated/α-hetero) is 1. The van der Waals surface area contributed by atoms with E-state index in [-0.39, 0.29) is 11.5 Å². The van der Waals surface area contributed by atoms with E-state index >= 15 is 0 Å². The molecule has 1 aliphatic carbocycles. The van der Waals surface area contributed by atoms with Crippen molar-refractivity contribution in [2.45, 2.75) is 20.3 Å². The molecule has 1 aliphatic rings. The number of benzene rings is 2. The molecule has 2 aromatic carbocycles. The van der Waals surface area contributed by atoms with Gasteiger partial charge in [0.25, 0.3) is 0 Å². The van der Waals surface area contributed by atoms with Gasteiger partial charge in [0.2, 0.25) is 0 Å². The number of ketones is 1. The molecule has 130 valence electrons. The molecule has 3 rings (SSSR count). The van der Waals surface area contributed by atoms with Gasteiger partial charge in [-0.15, -0.1) is 0 Å². The lowest BCUT2D eigenvalue weighted by atomic mass is 10.0. The van der Waals surface area contributed by atoms with Gasteiger partial charge >= 0.3 is 0 Å². The van der Waals surface area contributed by atoms with Crippen LogP contribution in [0.4, 0.5) is 5.69 Å². The molecule has 25 heavy (non-hydrogen) atoms. The van der Waals surface area contributed by atoms with E-state index in [1.807, 2.05) is 32.1 Å². The summed E-state index contributed by atoms with van der Waals surface area (Å²) in [6.45, 7) is 3.67. The van der Waals surface area contributed by atoms with Gasteiger partial charge in [-0.1, -0.05) is 0 Å². The third kappa shape index (κ3) is 2.71. The summed E-state index contributed by atoms with van der Waals surface area (Å²) in [5.41, 5.74) is 10.9. The Balaban J connectivity index is 2.08. The molecule has 0 unspecified atom stereocenters. The zero-order valence-electron chi connectivity index (χ0n) is 14.8. The summed E-state index contributed by atoms with van der Waals surface area (Å²) in [5.74, 6) is 1.08. The topological polar surface area (TPSA) is 81.8 Å². The molecule has 0 saturated heterocycles. The Morgan fingerprint density at radius 1 is 1.12 bits per heavy atom. The Labute approximate surface area is 146 Å². The van der Waals surface area contributed by atoms with Gasteiger partial charge in [-0.05, 0) is 60.4 Å². The Hall–Kier alpha value is -2.95. The van der Waals surface area contributed by atoms with E-state index in [0.717, 1.165) is 22.3 Å². The van der Waals surface area contributed by atoms with Crippen molar-refractivity contribution in [2.75, 3.05) is 20.0 Å². The van der Waals surface area contributed by atoms with Crippen molar-refractivity contribution in [2.24, 2.45) is 0 Å². The fraction of sp³-hybridized carbons (Fsp3) is 0.250. The van der Waals surface area contributed by atoms with Gasteiger partial charge in [0, 0.05) is 12.0 Å². The first-order valence-corrected chi connectivity index (χ1v) is 7.96. The number of aromatic hydroxyl groups is 1. The van der Waals surface area contributed by atoms with Gasteiger partial charge in [0.15, 0.2) is 17.3 Å². The van der Waals surface area contributed by atoms with Gasteiger partial charge in [0.05, 0.1) is 25.5 Å². The molecule has 0 amide bonds. The number of ether oxygens (including phenoxy) is 2. The molecule has 0 radical (unpaired) electrons. The van der Waals surface area contributed by atoms with Gasteiger partial charge in [-0.3, -0.25) is 4.79 Å². The molecule has 0 atom stereocenters. The summed E-state index contributed by atoms with van der Waals surface area (Å²) in [7, 11) is 3.04. The molecule has 0 aromatic heterocycles. The Morgan fingerprint density at radius 3 is 2.32 bits per heavy atom. The van der Waals surface area contributed by atoms with Crippen LogP contribution in [-0.4, -0.2) is 25.1 Å². The number of nitrogens with two attached hydrogens (primary N) is 1. The van der Waals surface area contributed by atoms with Crippen molar-refractivity contribution in [1.29, 1.82) is 0 Å². The van der Waals surface area contributed by atoms with Crippen molar-refractivity contribution in [3.63, 3.8) is 0 Å². The average Bonchev–Trinajstić information content (AvgIpc) is 2.88. The highest BCUT2D eigenvalue weighted by Gasteiger charge is 2.31. The van der Waals surface area contributed by atoms with E-state index in [9.17, 15) is 9.90 Å². The van der Waals surface area contributed by atoms with Crippen LogP contribution in [0.25, 0.3) is 6.08 Å². The van der Waals surface area contributed by atoms with Crippen LogP contribution in [0.1, 0.15) is 32.6 Å². The molecule has 0 spiro atoms. The summed E-state index contributed by atoms with van der Waals surface area (Å²) in [6.07, 6.45) is 2.33. The molecule has 0 saturated carbocycles. The number of anilines is 1. The number of hydrogen-bond acceptors (Lipinski definition) is 5.